The third-order valence-corrected chi connectivity index (χ3v) is 5.26. The Bertz CT molecular complexity index is 582. The summed E-state index contributed by atoms with van der Waals surface area (Å²) in [6.45, 7) is 0.526. The second-order valence-corrected chi connectivity index (χ2v) is 6.77. The molecular formula is C19H25NO4. The Morgan fingerprint density at radius 2 is 1.79 bits per heavy atom. The average Bonchev–Trinajstić information content (AvgIpc) is 2.65. The first kappa shape index (κ1) is 17.0. The SMILES string of the molecule is O=C(OCC(=O)N1CCC[C@H]2CCCC[C@@H]21)c1ccc(CO)cc1. The molecule has 1 saturated carbocycles. The summed E-state index contributed by atoms with van der Waals surface area (Å²) >= 11 is 0. The monoisotopic (exact) mass is 331 g/mol. The standard InChI is InChI=1S/C19H25NO4/c21-12-14-7-9-16(10-8-14)19(23)24-13-18(22)20-11-3-5-15-4-1-2-6-17(15)20/h7-10,15,17,21H,1-6,11-13H2/t15-,17+/m1/s1. The Balaban J connectivity index is 1.55. The van der Waals surface area contributed by atoms with Crippen molar-refractivity contribution in [1.29, 1.82) is 0 Å². The molecule has 1 saturated heterocycles. The van der Waals surface area contributed by atoms with Gasteiger partial charge in [0, 0.05) is 12.6 Å². The van der Waals surface area contributed by atoms with Crippen LogP contribution in [0.1, 0.15) is 54.4 Å². The molecule has 130 valence electrons. The summed E-state index contributed by atoms with van der Waals surface area (Å²) in [6.07, 6.45) is 7.00. The predicted molar refractivity (Wildman–Crippen MR) is 89.3 cm³/mol. The van der Waals surface area contributed by atoms with Crippen molar-refractivity contribution in [3.8, 4) is 0 Å². The Hall–Kier alpha value is -1.88. The molecule has 0 aromatic heterocycles. The van der Waals surface area contributed by atoms with Crippen LogP contribution in [0.15, 0.2) is 24.3 Å². The number of piperidine rings is 1. The molecule has 2 aliphatic rings. The van der Waals surface area contributed by atoms with Crippen LogP contribution in [0, 0.1) is 5.92 Å². The Labute approximate surface area is 142 Å². The molecule has 0 bridgehead atoms. The maximum absolute atomic E-state index is 12.5. The number of hydrogen-bond donors (Lipinski definition) is 1. The zero-order valence-corrected chi connectivity index (χ0v) is 13.9. The van der Waals surface area contributed by atoms with Crippen LogP contribution in [0.2, 0.25) is 0 Å². The van der Waals surface area contributed by atoms with Gasteiger partial charge in [-0.15, -0.1) is 0 Å². The lowest BCUT2D eigenvalue weighted by Gasteiger charge is -2.44. The first-order chi connectivity index (χ1) is 11.7. The van der Waals surface area contributed by atoms with Crippen molar-refractivity contribution in [1.82, 2.24) is 4.90 Å². The van der Waals surface area contributed by atoms with E-state index in [9.17, 15) is 9.59 Å². The second-order valence-electron chi connectivity index (χ2n) is 6.77. The van der Waals surface area contributed by atoms with E-state index in [-0.39, 0.29) is 19.1 Å². The normalized spacial score (nSPS) is 23.5. The van der Waals surface area contributed by atoms with Gasteiger partial charge in [-0.1, -0.05) is 25.0 Å². The lowest BCUT2D eigenvalue weighted by Crippen LogP contribution is -2.50. The highest BCUT2D eigenvalue weighted by Gasteiger charge is 2.35. The Morgan fingerprint density at radius 1 is 1.08 bits per heavy atom. The number of hydrogen-bond acceptors (Lipinski definition) is 4. The number of benzene rings is 1. The number of ether oxygens (including phenoxy) is 1. The van der Waals surface area contributed by atoms with Gasteiger partial charge in [-0.25, -0.2) is 4.79 Å². The third-order valence-electron chi connectivity index (χ3n) is 5.26. The van der Waals surface area contributed by atoms with Gasteiger partial charge >= 0.3 is 5.97 Å². The summed E-state index contributed by atoms with van der Waals surface area (Å²) in [5.74, 6) is 0.0511. The summed E-state index contributed by atoms with van der Waals surface area (Å²) in [4.78, 5) is 26.5. The van der Waals surface area contributed by atoms with E-state index in [2.05, 4.69) is 0 Å². The molecule has 5 heteroatoms. The molecule has 0 spiro atoms. The molecular weight excluding hydrogens is 306 g/mol. The maximum atomic E-state index is 12.5. The summed E-state index contributed by atoms with van der Waals surface area (Å²) in [5.41, 5.74) is 1.13. The lowest BCUT2D eigenvalue weighted by molar-refractivity contribution is -0.140. The molecule has 1 aliphatic heterocycles. The molecule has 1 aromatic carbocycles. The van der Waals surface area contributed by atoms with E-state index in [1.807, 2.05) is 4.90 Å². The van der Waals surface area contributed by atoms with Crippen LogP contribution in [-0.2, 0) is 16.1 Å². The van der Waals surface area contributed by atoms with Crippen LogP contribution in [0.25, 0.3) is 0 Å². The minimum atomic E-state index is -0.495. The van der Waals surface area contributed by atoms with E-state index >= 15 is 0 Å². The van der Waals surface area contributed by atoms with Crippen molar-refractivity contribution < 1.29 is 19.4 Å². The highest BCUT2D eigenvalue weighted by molar-refractivity contribution is 5.91. The minimum absolute atomic E-state index is 0.0642. The first-order valence-electron chi connectivity index (χ1n) is 8.85. The van der Waals surface area contributed by atoms with Gasteiger partial charge in [0.05, 0.1) is 12.2 Å². The molecule has 1 N–H and O–H groups in total. The van der Waals surface area contributed by atoms with Crippen LogP contribution in [-0.4, -0.2) is 41.1 Å². The Kier molecular flexibility index (Phi) is 5.51. The number of esters is 1. The first-order valence-corrected chi connectivity index (χ1v) is 8.85. The Morgan fingerprint density at radius 3 is 2.54 bits per heavy atom. The van der Waals surface area contributed by atoms with E-state index in [1.54, 1.807) is 24.3 Å². The van der Waals surface area contributed by atoms with E-state index in [0.29, 0.717) is 17.5 Å². The van der Waals surface area contributed by atoms with Gasteiger partial charge in [0.1, 0.15) is 0 Å². The van der Waals surface area contributed by atoms with Crippen molar-refractivity contribution in [2.45, 2.75) is 51.2 Å². The summed E-state index contributed by atoms with van der Waals surface area (Å²) in [5, 5.41) is 9.02. The van der Waals surface area contributed by atoms with Crippen molar-refractivity contribution in [3.63, 3.8) is 0 Å². The highest BCUT2D eigenvalue weighted by Crippen LogP contribution is 2.35. The fourth-order valence-corrected chi connectivity index (χ4v) is 3.97. The van der Waals surface area contributed by atoms with E-state index in [1.165, 1.54) is 25.7 Å². The van der Waals surface area contributed by atoms with Crippen LogP contribution in [0.4, 0.5) is 0 Å². The zero-order chi connectivity index (χ0) is 16.9. The van der Waals surface area contributed by atoms with Crippen LogP contribution < -0.4 is 0 Å². The van der Waals surface area contributed by atoms with Crippen molar-refractivity contribution in [3.05, 3.63) is 35.4 Å². The molecule has 1 aromatic rings. The van der Waals surface area contributed by atoms with Gasteiger partial charge < -0.3 is 14.7 Å². The summed E-state index contributed by atoms with van der Waals surface area (Å²) in [6, 6.07) is 6.90. The number of carbonyl (C=O) groups excluding carboxylic acids is 2. The molecule has 3 rings (SSSR count). The van der Waals surface area contributed by atoms with Gasteiger partial charge in [-0.3, -0.25) is 4.79 Å². The molecule has 2 fully saturated rings. The van der Waals surface area contributed by atoms with Crippen molar-refractivity contribution in [2.24, 2.45) is 5.92 Å². The van der Waals surface area contributed by atoms with E-state index in [4.69, 9.17) is 9.84 Å². The van der Waals surface area contributed by atoms with Gasteiger partial charge in [0.2, 0.25) is 0 Å². The maximum Gasteiger partial charge on any atom is 0.338 e. The molecule has 24 heavy (non-hydrogen) atoms. The van der Waals surface area contributed by atoms with E-state index in [0.717, 1.165) is 24.9 Å². The molecule has 0 unspecified atom stereocenters. The molecule has 1 amide bonds. The van der Waals surface area contributed by atoms with Gasteiger partial charge in [-0.2, -0.15) is 0 Å². The van der Waals surface area contributed by atoms with Gasteiger partial charge in [0.15, 0.2) is 6.61 Å². The van der Waals surface area contributed by atoms with E-state index < -0.39 is 5.97 Å². The number of aliphatic hydroxyl groups is 1. The predicted octanol–water partition coefficient (Wildman–Crippen LogP) is 2.52. The number of likely N-dealkylation sites (tertiary alicyclic amines) is 1. The molecule has 0 radical (unpaired) electrons. The minimum Gasteiger partial charge on any atom is -0.452 e. The van der Waals surface area contributed by atoms with Crippen molar-refractivity contribution in [2.75, 3.05) is 13.2 Å². The number of nitrogens with zero attached hydrogens (tertiary/aromatic N) is 1. The van der Waals surface area contributed by atoms with Crippen LogP contribution in [0.5, 0.6) is 0 Å². The summed E-state index contributed by atoms with van der Waals surface area (Å²) < 4.78 is 5.20. The largest absolute Gasteiger partial charge is 0.452 e. The third kappa shape index (κ3) is 3.78. The molecule has 2 atom stereocenters. The average molecular weight is 331 g/mol. The number of aliphatic hydroxyl groups excluding tert-OH is 1. The smallest absolute Gasteiger partial charge is 0.338 e. The highest BCUT2D eigenvalue weighted by atomic mass is 16.5. The second kappa shape index (κ2) is 7.79. The topological polar surface area (TPSA) is 66.8 Å². The number of rotatable bonds is 4. The molecule has 1 aliphatic carbocycles. The fourth-order valence-electron chi connectivity index (χ4n) is 3.97. The molecule has 1 heterocycles. The fraction of sp³-hybridized carbons (Fsp3) is 0.579. The quantitative estimate of drug-likeness (QED) is 0.861. The van der Waals surface area contributed by atoms with Crippen LogP contribution in [0.3, 0.4) is 0 Å². The lowest BCUT2D eigenvalue weighted by atomic mass is 9.78. The van der Waals surface area contributed by atoms with Crippen LogP contribution >= 0.6 is 0 Å². The van der Waals surface area contributed by atoms with Gasteiger partial charge in [-0.05, 0) is 49.3 Å². The number of carbonyl (C=O) groups is 2. The summed E-state index contributed by atoms with van der Waals surface area (Å²) in [7, 11) is 0. The van der Waals surface area contributed by atoms with Crippen molar-refractivity contribution >= 4 is 11.9 Å². The number of amides is 1. The zero-order valence-electron chi connectivity index (χ0n) is 13.9. The van der Waals surface area contributed by atoms with Gasteiger partial charge in [0.25, 0.3) is 5.91 Å². The number of fused-ring (bicyclic) bond motifs is 1. The molecule has 5 nitrogen and oxygen atoms in total.